The van der Waals surface area contributed by atoms with Crippen LogP contribution in [0.5, 0.6) is 0 Å². The van der Waals surface area contributed by atoms with Gasteiger partial charge < -0.3 is 4.42 Å². The fourth-order valence-corrected chi connectivity index (χ4v) is 1.85. The maximum absolute atomic E-state index is 5.71. The van der Waals surface area contributed by atoms with Crippen LogP contribution in [0.4, 0.5) is 0 Å². The quantitative estimate of drug-likeness (QED) is 0.689. The molecule has 0 aliphatic carbocycles. The van der Waals surface area contributed by atoms with Crippen LogP contribution in [0.25, 0.3) is 22.9 Å². The summed E-state index contributed by atoms with van der Waals surface area (Å²) in [7, 11) is 0. The minimum Gasteiger partial charge on any atom is -0.416 e. The zero-order valence-electron chi connectivity index (χ0n) is 10.9. The summed E-state index contributed by atoms with van der Waals surface area (Å²) in [5.74, 6) is 1.10. The summed E-state index contributed by atoms with van der Waals surface area (Å²) in [6.07, 6.45) is 0. The number of hydrogen-bond donors (Lipinski definition) is 0. The summed E-state index contributed by atoms with van der Waals surface area (Å²) < 4.78 is 5.71. The van der Waals surface area contributed by atoms with Gasteiger partial charge in [0.15, 0.2) is 0 Å². The van der Waals surface area contributed by atoms with Crippen LogP contribution in [0.15, 0.2) is 52.9 Å². The van der Waals surface area contributed by atoms with E-state index in [0.717, 1.165) is 11.1 Å². The first-order chi connectivity index (χ1) is 9.22. The Bertz CT molecular complexity index is 622. The van der Waals surface area contributed by atoms with Gasteiger partial charge in [-0.3, -0.25) is 0 Å². The molecule has 0 aliphatic heterocycles. The van der Waals surface area contributed by atoms with Gasteiger partial charge in [0.25, 0.3) is 0 Å². The minimum absolute atomic E-state index is 0.551. The van der Waals surface area contributed by atoms with E-state index in [1.54, 1.807) is 0 Å². The van der Waals surface area contributed by atoms with Crippen LogP contribution in [0.1, 0.15) is 11.1 Å². The summed E-state index contributed by atoms with van der Waals surface area (Å²) in [5.41, 5.74) is 4.30. The molecule has 94 valence electrons. The fourth-order valence-electron chi connectivity index (χ4n) is 1.85. The van der Waals surface area contributed by atoms with Crippen LogP contribution < -0.4 is 0 Å². The first-order valence-corrected chi connectivity index (χ1v) is 6.20. The van der Waals surface area contributed by atoms with Crippen LogP contribution >= 0.6 is 0 Å². The lowest BCUT2D eigenvalue weighted by atomic mass is 10.1. The maximum atomic E-state index is 5.71. The van der Waals surface area contributed by atoms with E-state index in [4.69, 9.17) is 4.42 Å². The third-order valence-corrected chi connectivity index (χ3v) is 3.02. The Hall–Kier alpha value is -2.42. The number of benzene rings is 2. The smallest absolute Gasteiger partial charge is 0.248 e. The molecule has 0 saturated heterocycles. The standard InChI is InChI=1S/C16H14N2O/c1-11-3-7-13(8-4-11)15-17-18-16(19-15)14-9-5-12(2)6-10-14/h3-10H,1-2H3. The Morgan fingerprint density at radius 1 is 0.632 bits per heavy atom. The van der Waals surface area contributed by atoms with Gasteiger partial charge in [-0.15, -0.1) is 10.2 Å². The molecule has 0 fully saturated rings. The number of hydrogen-bond acceptors (Lipinski definition) is 3. The molecule has 2 aromatic carbocycles. The lowest BCUT2D eigenvalue weighted by molar-refractivity contribution is 0.584. The van der Waals surface area contributed by atoms with Gasteiger partial charge in [0.1, 0.15) is 0 Å². The molecule has 19 heavy (non-hydrogen) atoms. The van der Waals surface area contributed by atoms with E-state index in [-0.39, 0.29) is 0 Å². The average molecular weight is 250 g/mol. The van der Waals surface area contributed by atoms with E-state index in [2.05, 4.69) is 24.0 Å². The Balaban J connectivity index is 1.95. The minimum atomic E-state index is 0.551. The highest BCUT2D eigenvalue weighted by atomic mass is 16.4. The fraction of sp³-hybridized carbons (Fsp3) is 0.125. The van der Waals surface area contributed by atoms with E-state index < -0.39 is 0 Å². The highest BCUT2D eigenvalue weighted by Gasteiger charge is 2.09. The molecule has 0 atom stereocenters. The summed E-state index contributed by atoms with van der Waals surface area (Å²) in [6.45, 7) is 4.10. The molecule has 1 aromatic heterocycles. The van der Waals surface area contributed by atoms with Crippen molar-refractivity contribution in [2.45, 2.75) is 13.8 Å². The number of nitrogens with zero attached hydrogens (tertiary/aromatic N) is 2. The first-order valence-electron chi connectivity index (χ1n) is 6.20. The summed E-state index contributed by atoms with van der Waals surface area (Å²) in [4.78, 5) is 0. The Kier molecular flexibility index (Phi) is 2.88. The predicted octanol–water partition coefficient (Wildman–Crippen LogP) is 4.02. The molecule has 0 N–H and O–H groups in total. The van der Waals surface area contributed by atoms with E-state index in [1.807, 2.05) is 48.5 Å². The number of aryl methyl sites for hydroxylation is 2. The van der Waals surface area contributed by atoms with Crippen LogP contribution in [0.2, 0.25) is 0 Å². The lowest BCUT2D eigenvalue weighted by Crippen LogP contribution is -1.78. The Labute approximate surface area is 111 Å². The Morgan fingerprint density at radius 3 is 1.37 bits per heavy atom. The number of aromatic nitrogens is 2. The molecule has 0 saturated carbocycles. The maximum Gasteiger partial charge on any atom is 0.248 e. The van der Waals surface area contributed by atoms with Crippen molar-refractivity contribution in [2.75, 3.05) is 0 Å². The van der Waals surface area contributed by atoms with E-state index in [1.165, 1.54) is 11.1 Å². The zero-order chi connectivity index (χ0) is 13.2. The molecule has 0 unspecified atom stereocenters. The third-order valence-electron chi connectivity index (χ3n) is 3.02. The monoisotopic (exact) mass is 250 g/mol. The van der Waals surface area contributed by atoms with Crippen LogP contribution in [-0.4, -0.2) is 10.2 Å². The topological polar surface area (TPSA) is 38.9 Å². The summed E-state index contributed by atoms with van der Waals surface area (Å²) in [5, 5.41) is 8.20. The molecule has 3 nitrogen and oxygen atoms in total. The largest absolute Gasteiger partial charge is 0.416 e. The highest BCUT2D eigenvalue weighted by Crippen LogP contribution is 2.24. The first kappa shape index (κ1) is 11.7. The molecule has 3 heteroatoms. The normalized spacial score (nSPS) is 10.6. The zero-order valence-corrected chi connectivity index (χ0v) is 10.9. The van der Waals surface area contributed by atoms with Gasteiger partial charge in [0, 0.05) is 11.1 Å². The van der Waals surface area contributed by atoms with E-state index in [9.17, 15) is 0 Å². The highest BCUT2D eigenvalue weighted by molar-refractivity contribution is 5.58. The van der Waals surface area contributed by atoms with E-state index in [0.29, 0.717) is 11.8 Å². The lowest BCUT2D eigenvalue weighted by Gasteiger charge is -1.96. The second kappa shape index (κ2) is 4.69. The van der Waals surface area contributed by atoms with Crippen LogP contribution in [-0.2, 0) is 0 Å². The second-order valence-corrected chi connectivity index (χ2v) is 4.64. The number of rotatable bonds is 2. The van der Waals surface area contributed by atoms with Gasteiger partial charge in [-0.05, 0) is 38.1 Å². The van der Waals surface area contributed by atoms with Crippen molar-refractivity contribution < 1.29 is 4.42 Å². The van der Waals surface area contributed by atoms with Gasteiger partial charge in [-0.25, -0.2) is 0 Å². The van der Waals surface area contributed by atoms with Gasteiger partial charge >= 0.3 is 0 Å². The molecule has 0 amide bonds. The second-order valence-electron chi connectivity index (χ2n) is 4.64. The van der Waals surface area contributed by atoms with Gasteiger partial charge in [-0.2, -0.15) is 0 Å². The molecule has 0 aliphatic rings. The van der Waals surface area contributed by atoms with Crippen molar-refractivity contribution in [3.8, 4) is 22.9 Å². The van der Waals surface area contributed by atoms with Crippen LogP contribution in [0.3, 0.4) is 0 Å². The summed E-state index contributed by atoms with van der Waals surface area (Å²) >= 11 is 0. The Morgan fingerprint density at radius 2 is 1.00 bits per heavy atom. The van der Waals surface area contributed by atoms with Crippen molar-refractivity contribution in [1.29, 1.82) is 0 Å². The van der Waals surface area contributed by atoms with Gasteiger partial charge in [0.2, 0.25) is 11.8 Å². The van der Waals surface area contributed by atoms with Crippen molar-refractivity contribution in [2.24, 2.45) is 0 Å². The molecule has 0 radical (unpaired) electrons. The van der Waals surface area contributed by atoms with Gasteiger partial charge in [0.05, 0.1) is 0 Å². The van der Waals surface area contributed by atoms with Crippen molar-refractivity contribution in [3.05, 3.63) is 59.7 Å². The van der Waals surface area contributed by atoms with Gasteiger partial charge in [-0.1, -0.05) is 35.4 Å². The van der Waals surface area contributed by atoms with E-state index >= 15 is 0 Å². The molecule has 0 bridgehead atoms. The molecule has 3 rings (SSSR count). The SMILES string of the molecule is Cc1ccc(-c2nnc(-c3ccc(C)cc3)o2)cc1. The van der Waals surface area contributed by atoms with Crippen molar-refractivity contribution in [3.63, 3.8) is 0 Å². The third kappa shape index (κ3) is 2.40. The molecular weight excluding hydrogens is 236 g/mol. The van der Waals surface area contributed by atoms with Crippen molar-refractivity contribution in [1.82, 2.24) is 10.2 Å². The molecular formula is C16H14N2O. The summed E-state index contributed by atoms with van der Waals surface area (Å²) in [6, 6.07) is 16.1. The van der Waals surface area contributed by atoms with Crippen molar-refractivity contribution >= 4 is 0 Å². The molecule has 3 aromatic rings. The molecule has 1 heterocycles. The predicted molar refractivity (Wildman–Crippen MR) is 74.6 cm³/mol. The van der Waals surface area contributed by atoms with Crippen LogP contribution in [0, 0.1) is 13.8 Å². The average Bonchev–Trinajstić information content (AvgIpc) is 2.90. The molecule has 0 spiro atoms.